The summed E-state index contributed by atoms with van der Waals surface area (Å²) in [7, 11) is 1.60. The lowest BCUT2D eigenvalue weighted by molar-refractivity contribution is 0.378. The maximum Gasteiger partial charge on any atom is 0.169 e. The molecule has 2 rings (SSSR count). The zero-order valence-corrected chi connectivity index (χ0v) is 12.2. The second-order valence-corrected chi connectivity index (χ2v) is 4.96. The third kappa shape index (κ3) is 3.27. The average Bonchev–Trinajstić information content (AvgIpc) is 2.40. The van der Waals surface area contributed by atoms with Gasteiger partial charge in [0.1, 0.15) is 5.75 Å². The number of halogens is 1. The summed E-state index contributed by atoms with van der Waals surface area (Å²) in [4.78, 5) is 0. The standard InChI is InChI=1S/C15H12BrNO2/c1-10-3-4-14(15(5-10)18-2)19-13-7-11(9-17)6-12(16)8-13/h3-8H,1-2H3. The van der Waals surface area contributed by atoms with Crippen LogP contribution in [-0.2, 0) is 0 Å². The number of nitriles is 1. The molecule has 0 fully saturated rings. The number of methoxy groups -OCH3 is 1. The molecule has 0 saturated carbocycles. The first-order valence-electron chi connectivity index (χ1n) is 5.65. The molecule has 0 N–H and O–H groups in total. The maximum atomic E-state index is 8.94. The lowest BCUT2D eigenvalue weighted by atomic mass is 10.2. The topological polar surface area (TPSA) is 42.2 Å². The highest BCUT2D eigenvalue weighted by atomic mass is 79.9. The molecule has 0 unspecified atom stereocenters. The van der Waals surface area contributed by atoms with Crippen LogP contribution in [0.5, 0.6) is 17.2 Å². The molecule has 2 aromatic carbocycles. The molecule has 0 heterocycles. The molecule has 0 bridgehead atoms. The zero-order valence-electron chi connectivity index (χ0n) is 10.6. The van der Waals surface area contributed by atoms with E-state index >= 15 is 0 Å². The van der Waals surface area contributed by atoms with E-state index in [1.165, 1.54) is 0 Å². The van der Waals surface area contributed by atoms with Crippen LogP contribution in [0.25, 0.3) is 0 Å². The van der Waals surface area contributed by atoms with Gasteiger partial charge in [0.2, 0.25) is 0 Å². The van der Waals surface area contributed by atoms with Crippen molar-refractivity contribution >= 4 is 15.9 Å². The summed E-state index contributed by atoms with van der Waals surface area (Å²) in [5.74, 6) is 1.88. The predicted octanol–water partition coefficient (Wildman–Crippen LogP) is 4.43. The number of hydrogen-bond donors (Lipinski definition) is 0. The normalized spacial score (nSPS) is 9.79. The quantitative estimate of drug-likeness (QED) is 0.841. The van der Waals surface area contributed by atoms with Crippen LogP contribution in [-0.4, -0.2) is 7.11 Å². The molecule has 0 aliphatic heterocycles. The smallest absolute Gasteiger partial charge is 0.169 e. The Morgan fingerprint density at radius 2 is 1.89 bits per heavy atom. The van der Waals surface area contributed by atoms with E-state index in [1.807, 2.05) is 25.1 Å². The molecule has 0 saturated heterocycles. The summed E-state index contributed by atoms with van der Waals surface area (Å²) >= 11 is 3.35. The van der Waals surface area contributed by atoms with Crippen molar-refractivity contribution in [1.82, 2.24) is 0 Å². The highest BCUT2D eigenvalue weighted by molar-refractivity contribution is 9.10. The first-order valence-corrected chi connectivity index (χ1v) is 6.45. The lowest BCUT2D eigenvalue weighted by Gasteiger charge is -2.11. The Kier molecular flexibility index (Phi) is 4.08. The van der Waals surface area contributed by atoms with Gasteiger partial charge in [-0.15, -0.1) is 0 Å². The fraction of sp³-hybridized carbons (Fsp3) is 0.133. The Labute approximate surface area is 120 Å². The van der Waals surface area contributed by atoms with Crippen molar-refractivity contribution in [2.75, 3.05) is 7.11 Å². The van der Waals surface area contributed by atoms with Crippen molar-refractivity contribution in [1.29, 1.82) is 5.26 Å². The molecule has 0 amide bonds. The van der Waals surface area contributed by atoms with Gasteiger partial charge in [0.15, 0.2) is 11.5 Å². The van der Waals surface area contributed by atoms with E-state index in [0.29, 0.717) is 22.8 Å². The second-order valence-electron chi connectivity index (χ2n) is 4.04. The minimum atomic E-state index is 0.537. The Balaban J connectivity index is 2.36. The maximum absolute atomic E-state index is 8.94. The van der Waals surface area contributed by atoms with E-state index in [4.69, 9.17) is 14.7 Å². The van der Waals surface area contributed by atoms with Crippen LogP contribution in [0.1, 0.15) is 11.1 Å². The van der Waals surface area contributed by atoms with Crippen molar-refractivity contribution in [2.24, 2.45) is 0 Å². The third-order valence-corrected chi connectivity index (χ3v) is 3.01. The van der Waals surface area contributed by atoms with Gasteiger partial charge in [-0.05, 0) is 42.8 Å². The fourth-order valence-electron chi connectivity index (χ4n) is 1.67. The van der Waals surface area contributed by atoms with Gasteiger partial charge < -0.3 is 9.47 Å². The zero-order chi connectivity index (χ0) is 13.8. The lowest BCUT2D eigenvalue weighted by Crippen LogP contribution is -1.91. The van der Waals surface area contributed by atoms with Crippen molar-refractivity contribution in [2.45, 2.75) is 6.92 Å². The van der Waals surface area contributed by atoms with Crippen LogP contribution in [0.15, 0.2) is 40.9 Å². The molecular weight excluding hydrogens is 306 g/mol. The monoisotopic (exact) mass is 317 g/mol. The van der Waals surface area contributed by atoms with Gasteiger partial charge in [-0.25, -0.2) is 0 Å². The van der Waals surface area contributed by atoms with Crippen molar-refractivity contribution in [3.05, 3.63) is 52.0 Å². The van der Waals surface area contributed by atoms with Crippen LogP contribution in [0, 0.1) is 18.3 Å². The van der Waals surface area contributed by atoms with E-state index in [9.17, 15) is 0 Å². The average molecular weight is 318 g/mol. The van der Waals surface area contributed by atoms with Gasteiger partial charge in [0, 0.05) is 4.47 Å². The number of ether oxygens (including phenoxy) is 2. The van der Waals surface area contributed by atoms with Gasteiger partial charge in [-0.3, -0.25) is 0 Å². The van der Waals surface area contributed by atoms with E-state index < -0.39 is 0 Å². The molecule has 0 radical (unpaired) electrons. The van der Waals surface area contributed by atoms with Crippen LogP contribution < -0.4 is 9.47 Å². The fourth-order valence-corrected chi connectivity index (χ4v) is 2.14. The SMILES string of the molecule is COc1cc(C)ccc1Oc1cc(Br)cc(C#N)c1. The van der Waals surface area contributed by atoms with Gasteiger partial charge in [-0.1, -0.05) is 22.0 Å². The molecular formula is C15H12BrNO2. The Morgan fingerprint density at radius 3 is 2.58 bits per heavy atom. The summed E-state index contributed by atoms with van der Waals surface area (Å²) < 4.78 is 11.9. The van der Waals surface area contributed by atoms with Gasteiger partial charge in [0.25, 0.3) is 0 Å². The highest BCUT2D eigenvalue weighted by Gasteiger charge is 2.07. The highest BCUT2D eigenvalue weighted by Crippen LogP contribution is 2.33. The van der Waals surface area contributed by atoms with Crippen LogP contribution in [0.3, 0.4) is 0 Å². The minimum absolute atomic E-state index is 0.537. The Hall–Kier alpha value is -1.99. The number of hydrogen-bond acceptors (Lipinski definition) is 3. The summed E-state index contributed by atoms with van der Waals surface area (Å²) in [6.45, 7) is 1.99. The molecule has 96 valence electrons. The number of aryl methyl sites for hydroxylation is 1. The first-order chi connectivity index (χ1) is 9.12. The molecule has 0 aliphatic carbocycles. The number of rotatable bonds is 3. The van der Waals surface area contributed by atoms with E-state index in [-0.39, 0.29) is 0 Å². The molecule has 2 aromatic rings. The van der Waals surface area contributed by atoms with E-state index in [0.717, 1.165) is 10.0 Å². The van der Waals surface area contributed by atoms with Crippen LogP contribution >= 0.6 is 15.9 Å². The van der Waals surface area contributed by atoms with Crippen molar-refractivity contribution < 1.29 is 9.47 Å². The van der Waals surface area contributed by atoms with E-state index in [1.54, 1.807) is 25.3 Å². The van der Waals surface area contributed by atoms with Gasteiger partial charge >= 0.3 is 0 Å². The summed E-state index contributed by atoms with van der Waals surface area (Å²) in [6, 6.07) is 13.0. The molecule has 0 atom stereocenters. The van der Waals surface area contributed by atoms with Crippen LogP contribution in [0.4, 0.5) is 0 Å². The summed E-state index contributed by atoms with van der Waals surface area (Å²) in [6.07, 6.45) is 0. The van der Waals surface area contributed by atoms with E-state index in [2.05, 4.69) is 22.0 Å². The number of benzene rings is 2. The number of nitrogens with zero attached hydrogens (tertiary/aromatic N) is 1. The second kappa shape index (κ2) is 5.77. The van der Waals surface area contributed by atoms with Crippen LogP contribution in [0.2, 0.25) is 0 Å². The largest absolute Gasteiger partial charge is 0.493 e. The van der Waals surface area contributed by atoms with Crippen molar-refractivity contribution in [3.8, 4) is 23.3 Å². The predicted molar refractivity (Wildman–Crippen MR) is 76.7 cm³/mol. The molecule has 0 aliphatic rings. The molecule has 0 spiro atoms. The van der Waals surface area contributed by atoms with Gasteiger partial charge in [-0.2, -0.15) is 5.26 Å². The summed E-state index contributed by atoms with van der Waals surface area (Å²) in [5.41, 5.74) is 1.63. The van der Waals surface area contributed by atoms with Gasteiger partial charge in [0.05, 0.1) is 18.7 Å². The molecule has 4 heteroatoms. The Morgan fingerprint density at radius 1 is 1.11 bits per heavy atom. The molecule has 3 nitrogen and oxygen atoms in total. The molecule has 19 heavy (non-hydrogen) atoms. The molecule has 0 aromatic heterocycles. The van der Waals surface area contributed by atoms with Crippen molar-refractivity contribution in [3.63, 3.8) is 0 Å². The summed E-state index contributed by atoms with van der Waals surface area (Å²) in [5, 5.41) is 8.94. The third-order valence-electron chi connectivity index (χ3n) is 2.55. The first kappa shape index (κ1) is 13.4. The minimum Gasteiger partial charge on any atom is -0.493 e. The Bertz CT molecular complexity index is 647.